The fourth-order valence-corrected chi connectivity index (χ4v) is 2.61. The van der Waals surface area contributed by atoms with Crippen LogP contribution in [0.2, 0.25) is 0 Å². The monoisotopic (exact) mass is 325 g/mol. The zero-order chi connectivity index (χ0) is 17.5. The topological polar surface area (TPSA) is 99.0 Å². The van der Waals surface area contributed by atoms with Gasteiger partial charge in [-0.15, -0.1) is 6.58 Å². The third-order valence-corrected chi connectivity index (χ3v) is 3.79. The maximum absolute atomic E-state index is 12.6. The molecule has 24 heavy (non-hydrogen) atoms. The van der Waals surface area contributed by atoms with E-state index in [1.807, 2.05) is 24.3 Å². The number of aromatic nitrogens is 4. The molecule has 0 saturated carbocycles. The van der Waals surface area contributed by atoms with Crippen molar-refractivity contribution in [2.75, 3.05) is 5.73 Å². The molecule has 0 spiro atoms. The number of hydrogen-bond acceptors (Lipinski definition) is 5. The van der Waals surface area contributed by atoms with Crippen LogP contribution in [-0.4, -0.2) is 24.4 Å². The number of allylic oxidation sites excluding steroid dienone is 1. The number of nitrogens with two attached hydrogens (primary N) is 1. The van der Waals surface area contributed by atoms with Gasteiger partial charge in [0.25, 0.3) is 5.56 Å². The average Bonchev–Trinajstić information content (AvgIpc) is 2.79. The molecule has 0 saturated heterocycles. The first-order valence-corrected chi connectivity index (χ1v) is 7.51. The molecule has 0 aliphatic carbocycles. The Morgan fingerprint density at radius 2 is 2.17 bits per heavy atom. The van der Waals surface area contributed by atoms with Gasteiger partial charge in [-0.3, -0.25) is 4.79 Å². The fraction of sp³-hybridized carbons (Fsp3) is 0.235. The van der Waals surface area contributed by atoms with E-state index >= 15 is 0 Å². The SMILES string of the molecule is C=CCn1c(=O)c2cnc(N)nc2n1-c1cccc(C(C)(C)O)c1. The van der Waals surface area contributed by atoms with E-state index in [-0.39, 0.29) is 11.5 Å². The van der Waals surface area contributed by atoms with E-state index in [1.165, 1.54) is 10.9 Å². The molecule has 0 aliphatic heterocycles. The van der Waals surface area contributed by atoms with Crippen molar-refractivity contribution in [3.05, 3.63) is 59.0 Å². The van der Waals surface area contributed by atoms with Gasteiger partial charge in [-0.2, -0.15) is 4.98 Å². The Bertz CT molecular complexity index is 979. The van der Waals surface area contributed by atoms with Crippen LogP contribution < -0.4 is 11.3 Å². The molecule has 3 N–H and O–H groups in total. The van der Waals surface area contributed by atoms with Crippen molar-refractivity contribution in [3.63, 3.8) is 0 Å². The number of rotatable bonds is 4. The van der Waals surface area contributed by atoms with E-state index < -0.39 is 5.60 Å². The van der Waals surface area contributed by atoms with Crippen molar-refractivity contribution >= 4 is 17.0 Å². The fourth-order valence-electron chi connectivity index (χ4n) is 2.61. The number of hydrogen-bond donors (Lipinski definition) is 2. The van der Waals surface area contributed by atoms with Gasteiger partial charge in [0, 0.05) is 6.20 Å². The zero-order valence-electron chi connectivity index (χ0n) is 13.6. The minimum Gasteiger partial charge on any atom is -0.386 e. The van der Waals surface area contributed by atoms with Crippen LogP contribution >= 0.6 is 0 Å². The summed E-state index contributed by atoms with van der Waals surface area (Å²) in [6.45, 7) is 7.42. The van der Waals surface area contributed by atoms with E-state index in [2.05, 4.69) is 16.5 Å². The predicted octanol–water partition coefficient (Wildman–Crippen LogP) is 1.58. The van der Waals surface area contributed by atoms with E-state index in [0.29, 0.717) is 23.3 Å². The van der Waals surface area contributed by atoms with Gasteiger partial charge in [0.1, 0.15) is 5.39 Å². The Morgan fingerprint density at radius 3 is 2.83 bits per heavy atom. The molecule has 7 nitrogen and oxygen atoms in total. The Kier molecular flexibility index (Phi) is 3.73. The number of benzene rings is 1. The lowest BCUT2D eigenvalue weighted by Crippen LogP contribution is -2.22. The van der Waals surface area contributed by atoms with E-state index in [9.17, 15) is 9.90 Å². The van der Waals surface area contributed by atoms with Crippen LogP contribution in [0.5, 0.6) is 0 Å². The van der Waals surface area contributed by atoms with Gasteiger partial charge < -0.3 is 10.8 Å². The van der Waals surface area contributed by atoms with Crippen LogP contribution in [0.25, 0.3) is 16.7 Å². The Morgan fingerprint density at radius 1 is 1.42 bits per heavy atom. The highest BCUT2D eigenvalue weighted by atomic mass is 16.3. The van der Waals surface area contributed by atoms with Crippen LogP contribution in [-0.2, 0) is 12.1 Å². The Balaban J connectivity index is 2.36. The second-order valence-corrected chi connectivity index (χ2v) is 6.06. The highest BCUT2D eigenvalue weighted by Crippen LogP contribution is 2.23. The number of nitrogens with zero attached hydrogens (tertiary/aromatic N) is 4. The van der Waals surface area contributed by atoms with Gasteiger partial charge in [-0.1, -0.05) is 18.2 Å². The van der Waals surface area contributed by atoms with Crippen LogP contribution in [0.15, 0.2) is 47.9 Å². The number of fused-ring (bicyclic) bond motifs is 1. The summed E-state index contributed by atoms with van der Waals surface area (Å²) in [5, 5.41) is 10.6. The Hall–Kier alpha value is -2.93. The molecule has 7 heteroatoms. The molecule has 0 aliphatic rings. The highest BCUT2D eigenvalue weighted by Gasteiger charge is 2.20. The largest absolute Gasteiger partial charge is 0.386 e. The van der Waals surface area contributed by atoms with Gasteiger partial charge in [0.15, 0.2) is 5.65 Å². The summed E-state index contributed by atoms with van der Waals surface area (Å²) in [6.07, 6.45) is 3.06. The van der Waals surface area contributed by atoms with Gasteiger partial charge in [-0.25, -0.2) is 14.3 Å². The second-order valence-electron chi connectivity index (χ2n) is 6.06. The summed E-state index contributed by atoms with van der Waals surface area (Å²) in [7, 11) is 0. The smallest absolute Gasteiger partial charge is 0.278 e. The highest BCUT2D eigenvalue weighted by molar-refractivity contribution is 5.76. The molecule has 0 radical (unpaired) electrons. The van der Waals surface area contributed by atoms with Crippen molar-refractivity contribution in [2.24, 2.45) is 0 Å². The molecular formula is C17H19N5O2. The van der Waals surface area contributed by atoms with E-state index in [0.717, 1.165) is 5.56 Å². The minimum atomic E-state index is -1.00. The van der Waals surface area contributed by atoms with Crippen LogP contribution in [0.3, 0.4) is 0 Å². The zero-order valence-corrected chi connectivity index (χ0v) is 13.6. The van der Waals surface area contributed by atoms with Crippen LogP contribution in [0, 0.1) is 0 Å². The normalized spacial score (nSPS) is 11.8. The van der Waals surface area contributed by atoms with Crippen molar-refractivity contribution in [1.82, 2.24) is 19.3 Å². The first kappa shape index (κ1) is 15.9. The van der Waals surface area contributed by atoms with Crippen molar-refractivity contribution < 1.29 is 5.11 Å². The molecule has 124 valence electrons. The average molecular weight is 325 g/mol. The van der Waals surface area contributed by atoms with Crippen molar-refractivity contribution in [2.45, 2.75) is 26.0 Å². The summed E-state index contributed by atoms with van der Waals surface area (Å²) >= 11 is 0. The summed E-state index contributed by atoms with van der Waals surface area (Å²) in [5.74, 6) is 0.0886. The second kappa shape index (κ2) is 5.61. The third kappa shape index (κ3) is 2.59. The quantitative estimate of drug-likeness (QED) is 0.710. The van der Waals surface area contributed by atoms with Crippen molar-refractivity contribution in [1.29, 1.82) is 0 Å². The Labute approximate surface area is 138 Å². The maximum atomic E-state index is 12.6. The molecule has 2 heterocycles. The van der Waals surface area contributed by atoms with Gasteiger partial charge in [0.05, 0.1) is 17.8 Å². The lowest BCUT2D eigenvalue weighted by Gasteiger charge is -2.19. The van der Waals surface area contributed by atoms with Gasteiger partial charge >= 0.3 is 0 Å². The molecule has 1 aromatic carbocycles. The summed E-state index contributed by atoms with van der Waals surface area (Å²) < 4.78 is 3.18. The third-order valence-electron chi connectivity index (χ3n) is 3.79. The molecule has 2 aromatic heterocycles. The number of nitrogen functional groups attached to an aromatic ring is 1. The summed E-state index contributed by atoms with van der Waals surface area (Å²) in [5.41, 5.74) is 6.31. The lowest BCUT2D eigenvalue weighted by molar-refractivity contribution is 0.0786. The number of anilines is 1. The number of aliphatic hydroxyl groups is 1. The van der Waals surface area contributed by atoms with Crippen LogP contribution in [0.1, 0.15) is 19.4 Å². The lowest BCUT2D eigenvalue weighted by atomic mass is 9.98. The first-order valence-electron chi connectivity index (χ1n) is 7.51. The molecule has 3 rings (SSSR count). The molecule has 3 aromatic rings. The molecular weight excluding hydrogens is 306 g/mol. The van der Waals surface area contributed by atoms with Crippen molar-refractivity contribution in [3.8, 4) is 5.69 Å². The van der Waals surface area contributed by atoms with Gasteiger partial charge in [0.2, 0.25) is 5.95 Å². The molecule has 0 unspecified atom stereocenters. The van der Waals surface area contributed by atoms with Crippen LogP contribution in [0.4, 0.5) is 5.95 Å². The van der Waals surface area contributed by atoms with Gasteiger partial charge in [-0.05, 0) is 31.5 Å². The van der Waals surface area contributed by atoms with E-state index in [4.69, 9.17) is 5.73 Å². The maximum Gasteiger partial charge on any atom is 0.278 e. The predicted molar refractivity (Wildman–Crippen MR) is 93.0 cm³/mol. The molecule has 0 fully saturated rings. The molecule has 0 bridgehead atoms. The molecule has 0 amide bonds. The first-order chi connectivity index (χ1) is 11.3. The van der Waals surface area contributed by atoms with E-state index in [1.54, 1.807) is 24.6 Å². The minimum absolute atomic E-state index is 0.0886. The standard InChI is InChI=1S/C17H19N5O2/c1-4-8-21-15(23)13-10-19-16(18)20-14(13)22(21)12-7-5-6-11(9-12)17(2,3)24/h4-7,9-10,24H,1,8H2,2-3H3,(H2,18,19,20). The summed E-state index contributed by atoms with van der Waals surface area (Å²) in [6, 6.07) is 7.30. The molecule has 0 atom stereocenters. The summed E-state index contributed by atoms with van der Waals surface area (Å²) in [4.78, 5) is 20.8.